The highest BCUT2D eigenvalue weighted by molar-refractivity contribution is 9.10. The number of ether oxygens (including phenoxy) is 2. The van der Waals surface area contributed by atoms with E-state index in [1.807, 2.05) is 12.1 Å². The Morgan fingerprint density at radius 2 is 1.72 bits per heavy atom. The number of methoxy groups -OCH3 is 1. The van der Waals surface area contributed by atoms with Crippen LogP contribution in [0.25, 0.3) is 0 Å². The van der Waals surface area contributed by atoms with E-state index < -0.39 is 5.82 Å². The van der Waals surface area contributed by atoms with Crippen molar-refractivity contribution in [3.05, 3.63) is 85.0 Å². The summed E-state index contributed by atoms with van der Waals surface area (Å²) >= 11 is 21.8. The van der Waals surface area contributed by atoms with Crippen molar-refractivity contribution in [2.75, 3.05) is 12.4 Å². The fourth-order valence-corrected chi connectivity index (χ4v) is 3.93. The van der Waals surface area contributed by atoms with Crippen LogP contribution < -0.4 is 14.8 Å². The fourth-order valence-electron chi connectivity index (χ4n) is 2.64. The fraction of sp³-hybridized carbons (Fsp3) is 0.143. The number of anilines is 1. The third-order valence-corrected chi connectivity index (χ3v) is 5.71. The van der Waals surface area contributed by atoms with E-state index in [2.05, 4.69) is 21.2 Å². The van der Waals surface area contributed by atoms with Crippen LogP contribution in [0.5, 0.6) is 11.5 Å². The zero-order valence-corrected chi connectivity index (χ0v) is 19.1. The Labute approximate surface area is 191 Å². The standard InChI is InChI=1S/C21H16BrCl3FNO2/c1-28-20-8-12(10-27-13-5-6-19(26)18(25)9-13)7-15(22)21(20)29-11-14-16(23)3-2-4-17(14)24/h2-9,27H,10-11H2,1H3. The van der Waals surface area contributed by atoms with Gasteiger partial charge in [0, 0.05) is 27.8 Å². The number of hydrogen-bond donors (Lipinski definition) is 1. The Hall–Kier alpha value is -1.66. The average Bonchev–Trinajstić information content (AvgIpc) is 2.69. The quantitative estimate of drug-likeness (QED) is 0.346. The molecule has 152 valence electrons. The zero-order chi connectivity index (χ0) is 21.0. The molecule has 0 spiro atoms. The van der Waals surface area contributed by atoms with Crippen LogP contribution in [0.1, 0.15) is 11.1 Å². The first-order chi connectivity index (χ1) is 13.9. The average molecular weight is 520 g/mol. The van der Waals surface area contributed by atoms with Crippen LogP contribution in [0.2, 0.25) is 15.1 Å². The van der Waals surface area contributed by atoms with Gasteiger partial charge in [0.2, 0.25) is 0 Å². The van der Waals surface area contributed by atoms with Crippen LogP contribution in [0.4, 0.5) is 10.1 Å². The summed E-state index contributed by atoms with van der Waals surface area (Å²) in [7, 11) is 1.56. The number of benzene rings is 3. The summed E-state index contributed by atoms with van der Waals surface area (Å²) in [6, 6.07) is 13.5. The monoisotopic (exact) mass is 517 g/mol. The van der Waals surface area contributed by atoms with Crippen molar-refractivity contribution < 1.29 is 13.9 Å². The van der Waals surface area contributed by atoms with E-state index in [-0.39, 0.29) is 11.6 Å². The van der Waals surface area contributed by atoms with Gasteiger partial charge in [0.1, 0.15) is 12.4 Å². The maximum absolute atomic E-state index is 13.3. The van der Waals surface area contributed by atoms with Crippen LogP contribution in [-0.4, -0.2) is 7.11 Å². The van der Waals surface area contributed by atoms with Crippen molar-refractivity contribution in [2.45, 2.75) is 13.2 Å². The summed E-state index contributed by atoms with van der Waals surface area (Å²) in [6.07, 6.45) is 0. The molecule has 0 aromatic heterocycles. The van der Waals surface area contributed by atoms with Crippen molar-refractivity contribution in [1.82, 2.24) is 0 Å². The van der Waals surface area contributed by atoms with Crippen molar-refractivity contribution in [3.63, 3.8) is 0 Å². The molecule has 0 amide bonds. The minimum absolute atomic E-state index is 0.0655. The Bertz CT molecular complexity index is 1010. The largest absolute Gasteiger partial charge is 0.493 e. The second-order valence-corrected chi connectivity index (χ2v) is 8.16. The summed E-state index contributed by atoms with van der Waals surface area (Å²) < 4.78 is 25.4. The molecule has 0 unspecified atom stereocenters. The Kier molecular flexibility index (Phi) is 7.52. The third-order valence-electron chi connectivity index (χ3n) is 4.13. The van der Waals surface area contributed by atoms with Crippen molar-refractivity contribution >= 4 is 56.4 Å². The molecule has 8 heteroatoms. The molecule has 0 atom stereocenters. The highest BCUT2D eigenvalue weighted by atomic mass is 79.9. The van der Waals surface area contributed by atoms with Crippen molar-refractivity contribution in [2.24, 2.45) is 0 Å². The van der Waals surface area contributed by atoms with Gasteiger partial charge < -0.3 is 14.8 Å². The summed E-state index contributed by atoms with van der Waals surface area (Å²) in [6.45, 7) is 0.673. The molecule has 0 bridgehead atoms. The molecule has 0 aliphatic carbocycles. The minimum atomic E-state index is -0.457. The molecular formula is C21H16BrCl3FNO2. The van der Waals surface area contributed by atoms with E-state index in [0.29, 0.717) is 43.8 Å². The molecule has 1 N–H and O–H groups in total. The molecule has 3 aromatic carbocycles. The Morgan fingerprint density at radius 3 is 2.38 bits per heavy atom. The molecule has 0 aliphatic heterocycles. The smallest absolute Gasteiger partial charge is 0.175 e. The van der Waals surface area contributed by atoms with Crippen LogP contribution in [-0.2, 0) is 13.2 Å². The molecule has 3 nitrogen and oxygen atoms in total. The van der Waals surface area contributed by atoms with Gasteiger partial charge in [-0.3, -0.25) is 0 Å². The lowest BCUT2D eigenvalue weighted by Gasteiger charge is -2.16. The summed E-state index contributed by atoms with van der Waals surface area (Å²) in [5.41, 5.74) is 2.33. The number of halogens is 5. The lowest BCUT2D eigenvalue weighted by molar-refractivity contribution is 0.282. The predicted octanol–water partition coefficient (Wildman–Crippen LogP) is 7.75. The molecule has 0 saturated carbocycles. The molecule has 0 heterocycles. The van der Waals surface area contributed by atoms with Gasteiger partial charge in [-0.05, 0) is 64.0 Å². The molecule has 29 heavy (non-hydrogen) atoms. The van der Waals surface area contributed by atoms with Crippen LogP contribution in [0.3, 0.4) is 0 Å². The third kappa shape index (κ3) is 5.48. The first-order valence-corrected chi connectivity index (χ1v) is 10.4. The second kappa shape index (κ2) is 9.90. The molecular weight excluding hydrogens is 503 g/mol. The Morgan fingerprint density at radius 1 is 1.00 bits per heavy atom. The van der Waals surface area contributed by atoms with Gasteiger partial charge in [-0.2, -0.15) is 0 Å². The molecule has 0 fully saturated rings. The highest BCUT2D eigenvalue weighted by Crippen LogP contribution is 2.38. The van der Waals surface area contributed by atoms with Crippen LogP contribution in [0, 0.1) is 5.82 Å². The van der Waals surface area contributed by atoms with Gasteiger partial charge in [-0.25, -0.2) is 4.39 Å². The SMILES string of the molecule is COc1cc(CNc2ccc(F)c(Cl)c2)cc(Br)c1OCc1c(Cl)cccc1Cl. The van der Waals surface area contributed by atoms with Gasteiger partial charge in [0.25, 0.3) is 0 Å². The minimum Gasteiger partial charge on any atom is -0.493 e. The second-order valence-electron chi connectivity index (χ2n) is 6.08. The zero-order valence-electron chi connectivity index (χ0n) is 15.2. The van der Waals surface area contributed by atoms with E-state index >= 15 is 0 Å². The van der Waals surface area contributed by atoms with Crippen molar-refractivity contribution in [1.29, 1.82) is 0 Å². The molecule has 3 aromatic rings. The van der Waals surface area contributed by atoms with E-state index in [1.165, 1.54) is 12.1 Å². The van der Waals surface area contributed by atoms with Crippen LogP contribution in [0.15, 0.2) is 53.0 Å². The lowest BCUT2D eigenvalue weighted by Crippen LogP contribution is -2.03. The molecule has 3 rings (SSSR count). The van der Waals surface area contributed by atoms with Gasteiger partial charge in [0.15, 0.2) is 11.5 Å². The van der Waals surface area contributed by atoms with E-state index in [4.69, 9.17) is 44.3 Å². The maximum Gasteiger partial charge on any atom is 0.175 e. The maximum atomic E-state index is 13.3. The van der Waals surface area contributed by atoms with Gasteiger partial charge in [-0.15, -0.1) is 0 Å². The molecule has 0 saturated heterocycles. The van der Waals surface area contributed by atoms with Crippen LogP contribution >= 0.6 is 50.7 Å². The number of rotatable bonds is 7. The summed E-state index contributed by atoms with van der Waals surface area (Å²) in [5, 5.41) is 4.33. The number of hydrogen-bond acceptors (Lipinski definition) is 3. The Balaban J connectivity index is 1.75. The topological polar surface area (TPSA) is 30.5 Å². The van der Waals surface area contributed by atoms with E-state index in [9.17, 15) is 4.39 Å². The van der Waals surface area contributed by atoms with E-state index in [0.717, 1.165) is 5.56 Å². The van der Waals surface area contributed by atoms with E-state index in [1.54, 1.807) is 31.4 Å². The lowest BCUT2D eigenvalue weighted by atomic mass is 10.2. The van der Waals surface area contributed by atoms with Gasteiger partial charge in [-0.1, -0.05) is 40.9 Å². The van der Waals surface area contributed by atoms with Gasteiger partial charge in [0.05, 0.1) is 16.6 Å². The first-order valence-electron chi connectivity index (χ1n) is 8.50. The van der Waals surface area contributed by atoms with Gasteiger partial charge >= 0.3 is 0 Å². The molecule has 0 radical (unpaired) electrons. The predicted molar refractivity (Wildman–Crippen MR) is 120 cm³/mol. The molecule has 0 aliphatic rings. The first kappa shape index (κ1) is 22.0. The van der Waals surface area contributed by atoms with Crippen molar-refractivity contribution in [3.8, 4) is 11.5 Å². The normalized spacial score (nSPS) is 10.7. The summed E-state index contributed by atoms with van der Waals surface area (Å²) in [4.78, 5) is 0. The number of nitrogens with one attached hydrogen (secondary N) is 1. The highest BCUT2D eigenvalue weighted by Gasteiger charge is 2.14. The summed E-state index contributed by atoms with van der Waals surface area (Å²) in [5.74, 6) is 0.635.